The summed E-state index contributed by atoms with van der Waals surface area (Å²) in [6, 6.07) is 0.552. The maximum Gasteiger partial charge on any atom is 0.0385 e. The summed E-state index contributed by atoms with van der Waals surface area (Å²) in [7, 11) is 0. The van der Waals surface area contributed by atoms with Crippen LogP contribution in [-0.2, 0) is 0 Å². The molecule has 1 N–H and O–H groups in total. The Morgan fingerprint density at radius 2 is 2.14 bits per heavy atom. The lowest BCUT2D eigenvalue weighted by Gasteiger charge is -2.46. The summed E-state index contributed by atoms with van der Waals surface area (Å²) in [6.07, 6.45) is 0. The first-order valence-electron chi connectivity index (χ1n) is 4.95. The van der Waals surface area contributed by atoms with E-state index in [4.69, 9.17) is 0 Å². The van der Waals surface area contributed by atoms with Gasteiger partial charge in [-0.15, -0.1) is 0 Å². The van der Waals surface area contributed by atoms with Gasteiger partial charge in [0.05, 0.1) is 0 Å². The Balaban J connectivity index is 2.18. The van der Waals surface area contributed by atoms with E-state index in [0.29, 0.717) is 11.5 Å². The molecule has 1 nitrogen and oxygen atoms in total. The molecule has 0 aromatic carbocycles. The minimum absolute atomic E-state index is 0.400. The third kappa shape index (κ3) is 1.77. The largest absolute Gasteiger partial charge is 0.309 e. The number of halogens is 1. The summed E-state index contributed by atoms with van der Waals surface area (Å²) >= 11 is 5.38. The smallest absolute Gasteiger partial charge is 0.0385 e. The van der Waals surface area contributed by atoms with Gasteiger partial charge in [0.2, 0.25) is 0 Å². The molecule has 78 valence electrons. The van der Waals surface area contributed by atoms with Gasteiger partial charge in [0.15, 0.2) is 0 Å². The molecule has 1 aromatic rings. The second-order valence-electron chi connectivity index (χ2n) is 5.03. The van der Waals surface area contributed by atoms with Crippen LogP contribution < -0.4 is 5.32 Å². The van der Waals surface area contributed by atoms with E-state index in [1.165, 1.54) is 10.0 Å². The first-order valence-corrected chi connectivity index (χ1v) is 6.68. The Hall–Kier alpha value is 0.140. The monoisotopic (exact) mass is 273 g/mol. The average molecular weight is 274 g/mol. The maximum atomic E-state index is 3.61. The average Bonchev–Trinajstić information content (AvgIpc) is 2.30. The van der Waals surface area contributed by atoms with Crippen molar-refractivity contribution in [2.24, 2.45) is 11.3 Å². The number of hydrogen-bond donors (Lipinski definition) is 1. The molecule has 1 saturated heterocycles. The highest BCUT2D eigenvalue weighted by Crippen LogP contribution is 2.44. The molecule has 2 atom stereocenters. The number of nitrogens with one attached hydrogen (secondary N) is 1. The van der Waals surface area contributed by atoms with Crippen molar-refractivity contribution in [1.29, 1.82) is 0 Å². The molecular weight excluding hydrogens is 258 g/mol. The molecule has 0 spiro atoms. The van der Waals surface area contributed by atoms with Crippen LogP contribution in [0.4, 0.5) is 0 Å². The Morgan fingerprint density at radius 1 is 1.43 bits per heavy atom. The zero-order valence-corrected chi connectivity index (χ0v) is 11.2. The maximum absolute atomic E-state index is 3.61. The molecule has 0 aliphatic carbocycles. The minimum atomic E-state index is 0.400. The summed E-state index contributed by atoms with van der Waals surface area (Å²) in [6.45, 7) is 8.12. The van der Waals surface area contributed by atoms with Gasteiger partial charge >= 0.3 is 0 Å². The van der Waals surface area contributed by atoms with Crippen LogP contribution in [0.3, 0.4) is 0 Å². The van der Waals surface area contributed by atoms with Crippen LogP contribution in [0.15, 0.2) is 15.2 Å². The second-order valence-corrected chi connectivity index (χ2v) is 6.63. The third-order valence-corrected chi connectivity index (χ3v) is 4.80. The quantitative estimate of drug-likeness (QED) is 0.821. The Labute approximate surface area is 98.0 Å². The van der Waals surface area contributed by atoms with Crippen LogP contribution >= 0.6 is 27.3 Å². The summed E-state index contributed by atoms with van der Waals surface area (Å²) < 4.78 is 1.26. The van der Waals surface area contributed by atoms with E-state index in [0.717, 1.165) is 12.5 Å². The van der Waals surface area contributed by atoms with E-state index in [9.17, 15) is 0 Å². The van der Waals surface area contributed by atoms with Crippen molar-refractivity contribution >= 4 is 27.3 Å². The Kier molecular flexibility index (Phi) is 2.75. The molecule has 1 fully saturated rings. The van der Waals surface area contributed by atoms with Gasteiger partial charge < -0.3 is 5.32 Å². The number of thiophene rings is 1. The van der Waals surface area contributed by atoms with Crippen molar-refractivity contribution in [1.82, 2.24) is 5.32 Å². The molecule has 2 rings (SSSR count). The van der Waals surface area contributed by atoms with E-state index >= 15 is 0 Å². The van der Waals surface area contributed by atoms with Crippen LogP contribution in [0.25, 0.3) is 0 Å². The molecule has 0 amide bonds. The van der Waals surface area contributed by atoms with Gasteiger partial charge in [-0.2, -0.15) is 11.3 Å². The highest BCUT2D eigenvalue weighted by Gasteiger charge is 2.40. The fourth-order valence-electron chi connectivity index (χ4n) is 2.00. The van der Waals surface area contributed by atoms with Crippen molar-refractivity contribution in [3.63, 3.8) is 0 Å². The van der Waals surface area contributed by atoms with Crippen molar-refractivity contribution in [3.05, 3.63) is 20.8 Å². The van der Waals surface area contributed by atoms with E-state index in [1.807, 2.05) is 0 Å². The normalized spacial score (nSPS) is 27.4. The zero-order chi connectivity index (χ0) is 10.3. The molecule has 0 saturated carbocycles. The molecule has 0 radical (unpaired) electrons. The SMILES string of the molecule is CC(C)(C)C1CNC1c1cscc1Br. The first kappa shape index (κ1) is 10.7. The molecule has 2 unspecified atom stereocenters. The Morgan fingerprint density at radius 3 is 2.50 bits per heavy atom. The van der Waals surface area contributed by atoms with Crippen LogP contribution in [0.5, 0.6) is 0 Å². The van der Waals surface area contributed by atoms with Crippen LogP contribution in [0.2, 0.25) is 0 Å². The van der Waals surface area contributed by atoms with Crippen molar-refractivity contribution in [3.8, 4) is 0 Å². The predicted octanol–water partition coefficient (Wildman–Crippen LogP) is 3.82. The van der Waals surface area contributed by atoms with Gasteiger partial charge in [-0.1, -0.05) is 20.8 Å². The lowest BCUT2D eigenvalue weighted by atomic mass is 9.70. The molecule has 2 heterocycles. The van der Waals surface area contributed by atoms with E-state index in [2.05, 4.69) is 52.8 Å². The fourth-order valence-corrected chi connectivity index (χ4v) is 3.58. The molecule has 14 heavy (non-hydrogen) atoms. The van der Waals surface area contributed by atoms with E-state index in [1.54, 1.807) is 11.3 Å². The van der Waals surface area contributed by atoms with Gasteiger partial charge in [-0.3, -0.25) is 0 Å². The molecule has 1 aliphatic rings. The van der Waals surface area contributed by atoms with Crippen molar-refractivity contribution in [2.75, 3.05) is 6.54 Å². The minimum Gasteiger partial charge on any atom is -0.309 e. The van der Waals surface area contributed by atoms with Gasteiger partial charge in [-0.05, 0) is 38.2 Å². The first-order chi connectivity index (χ1) is 6.50. The summed E-state index contributed by atoms with van der Waals surface area (Å²) in [5.74, 6) is 0.758. The Bertz CT molecular complexity index is 326. The third-order valence-electron chi connectivity index (χ3n) is 3.05. The molecule has 1 aliphatic heterocycles. The standard InChI is InChI=1S/C11H16BrNS/c1-11(2,3)8-4-13-10(8)7-5-14-6-9(7)12/h5-6,8,10,13H,4H2,1-3H3. The van der Waals surface area contributed by atoms with E-state index < -0.39 is 0 Å². The fraction of sp³-hybridized carbons (Fsp3) is 0.636. The van der Waals surface area contributed by atoms with Crippen molar-refractivity contribution < 1.29 is 0 Å². The van der Waals surface area contributed by atoms with Crippen molar-refractivity contribution in [2.45, 2.75) is 26.8 Å². The lowest BCUT2D eigenvalue weighted by Crippen LogP contribution is -2.51. The van der Waals surface area contributed by atoms with Crippen LogP contribution in [0, 0.1) is 11.3 Å². The van der Waals surface area contributed by atoms with E-state index in [-0.39, 0.29) is 0 Å². The zero-order valence-electron chi connectivity index (χ0n) is 8.80. The highest BCUT2D eigenvalue weighted by molar-refractivity contribution is 9.10. The lowest BCUT2D eigenvalue weighted by molar-refractivity contribution is 0.0987. The van der Waals surface area contributed by atoms with Crippen LogP contribution in [-0.4, -0.2) is 6.54 Å². The van der Waals surface area contributed by atoms with Gasteiger partial charge in [0.25, 0.3) is 0 Å². The predicted molar refractivity (Wildman–Crippen MR) is 65.7 cm³/mol. The molecule has 3 heteroatoms. The second kappa shape index (κ2) is 3.62. The summed E-state index contributed by atoms with van der Waals surface area (Å²) in [4.78, 5) is 0. The van der Waals surface area contributed by atoms with Crippen LogP contribution in [0.1, 0.15) is 32.4 Å². The summed E-state index contributed by atoms with van der Waals surface area (Å²) in [5.41, 5.74) is 1.83. The van der Waals surface area contributed by atoms with Gasteiger partial charge in [0, 0.05) is 22.4 Å². The van der Waals surface area contributed by atoms with Gasteiger partial charge in [-0.25, -0.2) is 0 Å². The number of rotatable bonds is 1. The number of hydrogen-bond acceptors (Lipinski definition) is 2. The molecule has 0 bridgehead atoms. The highest BCUT2D eigenvalue weighted by atomic mass is 79.9. The van der Waals surface area contributed by atoms with Gasteiger partial charge in [0.1, 0.15) is 0 Å². The topological polar surface area (TPSA) is 12.0 Å². The molecule has 1 aromatic heterocycles. The summed E-state index contributed by atoms with van der Waals surface area (Å²) in [5, 5.41) is 7.93. The molecular formula is C11H16BrNS.